The molecule has 2 aromatic rings. The van der Waals surface area contributed by atoms with Gasteiger partial charge in [-0.2, -0.15) is 5.10 Å². The number of halogens is 3. The molecule has 6 heteroatoms. The Morgan fingerprint density at radius 2 is 2.19 bits per heavy atom. The summed E-state index contributed by atoms with van der Waals surface area (Å²) in [4.78, 5) is 0. The van der Waals surface area contributed by atoms with E-state index in [1.807, 2.05) is 0 Å². The molecule has 1 aromatic carbocycles. The summed E-state index contributed by atoms with van der Waals surface area (Å²) < 4.78 is 15.4. The second-order valence-corrected chi connectivity index (χ2v) is 4.60. The molecule has 0 saturated heterocycles. The molecule has 1 heterocycles. The molecule has 0 unspecified atom stereocenters. The fourth-order valence-electron chi connectivity index (χ4n) is 1.37. The highest BCUT2D eigenvalue weighted by atomic mass is 79.9. The zero-order valence-electron chi connectivity index (χ0n) is 8.12. The quantitative estimate of drug-likeness (QED) is 0.926. The highest BCUT2D eigenvalue weighted by molar-refractivity contribution is 9.10. The second kappa shape index (κ2) is 4.43. The number of hydrogen-bond acceptors (Lipinski definition) is 2. The average Bonchev–Trinajstić information content (AvgIpc) is 2.48. The Morgan fingerprint density at radius 3 is 2.75 bits per heavy atom. The van der Waals surface area contributed by atoms with Crippen molar-refractivity contribution in [3.63, 3.8) is 0 Å². The SMILES string of the molecule is Nc1c(Br)cnn1Cc1cc(F)cc(Cl)c1. The summed E-state index contributed by atoms with van der Waals surface area (Å²) in [5.41, 5.74) is 6.47. The third-order valence-electron chi connectivity index (χ3n) is 2.09. The Balaban J connectivity index is 2.30. The third-order valence-corrected chi connectivity index (χ3v) is 2.92. The van der Waals surface area contributed by atoms with Crippen LogP contribution in [0, 0.1) is 5.82 Å². The van der Waals surface area contributed by atoms with Crippen molar-refractivity contribution in [2.24, 2.45) is 0 Å². The lowest BCUT2D eigenvalue weighted by Crippen LogP contribution is -2.06. The molecule has 0 saturated carbocycles. The monoisotopic (exact) mass is 303 g/mol. The molecule has 0 aliphatic heterocycles. The van der Waals surface area contributed by atoms with E-state index in [4.69, 9.17) is 17.3 Å². The van der Waals surface area contributed by atoms with Crippen molar-refractivity contribution in [1.82, 2.24) is 9.78 Å². The number of hydrogen-bond donors (Lipinski definition) is 1. The van der Waals surface area contributed by atoms with E-state index in [2.05, 4.69) is 21.0 Å². The van der Waals surface area contributed by atoms with Gasteiger partial charge in [-0.1, -0.05) is 11.6 Å². The van der Waals surface area contributed by atoms with Gasteiger partial charge in [0.2, 0.25) is 0 Å². The van der Waals surface area contributed by atoms with Gasteiger partial charge < -0.3 is 5.73 Å². The summed E-state index contributed by atoms with van der Waals surface area (Å²) >= 11 is 9.00. The molecule has 0 bridgehead atoms. The number of nitrogen functional groups attached to an aromatic ring is 1. The van der Waals surface area contributed by atoms with Gasteiger partial charge in [-0.05, 0) is 39.7 Å². The maximum absolute atomic E-state index is 13.1. The zero-order chi connectivity index (χ0) is 11.7. The maximum Gasteiger partial charge on any atom is 0.136 e. The third kappa shape index (κ3) is 2.36. The van der Waals surface area contributed by atoms with E-state index < -0.39 is 0 Å². The van der Waals surface area contributed by atoms with Gasteiger partial charge in [0, 0.05) is 5.02 Å². The smallest absolute Gasteiger partial charge is 0.136 e. The molecule has 0 atom stereocenters. The van der Waals surface area contributed by atoms with Crippen molar-refractivity contribution < 1.29 is 4.39 Å². The largest absolute Gasteiger partial charge is 0.383 e. The maximum atomic E-state index is 13.1. The summed E-state index contributed by atoms with van der Waals surface area (Å²) in [5, 5.41) is 4.41. The minimum absolute atomic E-state index is 0.361. The average molecular weight is 305 g/mol. The Kier molecular flexibility index (Phi) is 3.16. The van der Waals surface area contributed by atoms with Crippen LogP contribution in [0.5, 0.6) is 0 Å². The normalized spacial score (nSPS) is 10.7. The summed E-state index contributed by atoms with van der Waals surface area (Å²) in [6.07, 6.45) is 1.59. The minimum atomic E-state index is -0.368. The zero-order valence-corrected chi connectivity index (χ0v) is 10.5. The summed E-state index contributed by atoms with van der Waals surface area (Å²) in [5.74, 6) is 0.132. The lowest BCUT2D eigenvalue weighted by atomic mass is 10.2. The standard InChI is InChI=1S/C10H8BrClFN3/c11-9-4-15-16(10(9)14)5-6-1-7(12)3-8(13)2-6/h1-4H,5,14H2. The van der Waals surface area contributed by atoms with Crippen LogP contribution in [0.3, 0.4) is 0 Å². The molecule has 0 fully saturated rings. The minimum Gasteiger partial charge on any atom is -0.383 e. The number of aromatic nitrogens is 2. The van der Waals surface area contributed by atoms with Crippen molar-refractivity contribution in [3.05, 3.63) is 45.3 Å². The van der Waals surface area contributed by atoms with Crippen LogP contribution in [0.15, 0.2) is 28.9 Å². The van der Waals surface area contributed by atoms with Crippen LogP contribution in [0.25, 0.3) is 0 Å². The molecule has 2 rings (SSSR count). The molecule has 0 amide bonds. The van der Waals surface area contributed by atoms with E-state index in [1.54, 1.807) is 16.9 Å². The molecule has 3 nitrogen and oxygen atoms in total. The van der Waals surface area contributed by atoms with Crippen molar-refractivity contribution in [3.8, 4) is 0 Å². The Morgan fingerprint density at radius 1 is 1.44 bits per heavy atom. The fraction of sp³-hybridized carbons (Fsp3) is 0.100. The predicted octanol–water partition coefficient (Wildman–Crippen LogP) is 3.07. The van der Waals surface area contributed by atoms with Crippen LogP contribution < -0.4 is 5.73 Å². The molecule has 84 valence electrons. The summed E-state index contributed by atoms with van der Waals surface area (Å²) in [6, 6.07) is 4.34. The van der Waals surface area contributed by atoms with Crippen LogP contribution in [0.1, 0.15) is 5.56 Å². The molecule has 0 radical (unpaired) electrons. The molecular weight excluding hydrogens is 296 g/mol. The Hall–Kier alpha value is -1.07. The van der Waals surface area contributed by atoms with Gasteiger partial charge in [-0.15, -0.1) is 0 Å². The van der Waals surface area contributed by atoms with E-state index in [9.17, 15) is 4.39 Å². The van der Waals surface area contributed by atoms with Gasteiger partial charge in [0.1, 0.15) is 11.6 Å². The van der Waals surface area contributed by atoms with Crippen LogP contribution in [0.4, 0.5) is 10.2 Å². The second-order valence-electron chi connectivity index (χ2n) is 3.31. The van der Waals surface area contributed by atoms with Crippen LogP contribution in [0.2, 0.25) is 5.02 Å². The lowest BCUT2D eigenvalue weighted by Gasteiger charge is -2.05. The van der Waals surface area contributed by atoms with E-state index in [0.717, 1.165) is 4.47 Å². The first-order valence-corrected chi connectivity index (χ1v) is 5.65. The number of anilines is 1. The van der Waals surface area contributed by atoms with Crippen molar-refractivity contribution in [1.29, 1.82) is 0 Å². The first kappa shape index (κ1) is 11.4. The topological polar surface area (TPSA) is 43.8 Å². The van der Waals surface area contributed by atoms with Gasteiger partial charge >= 0.3 is 0 Å². The van der Waals surface area contributed by atoms with Crippen LogP contribution >= 0.6 is 27.5 Å². The van der Waals surface area contributed by atoms with Gasteiger partial charge in [-0.25, -0.2) is 9.07 Å². The first-order chi connectivity index (χ1) is 7.56. The molecule has 0 aliphatic rings. The van der Waals surface area contributed by atoms with Crippen molar-refractivity contribution in [2.75, 3.05) is 5.73 Å². The number of benzene rings is 1. The van der Waals surface area contributed by atoms with E-state index in [0.29, 0.717) is 22.9 Å². The predicted molar refractivity (Wildman–Crippen MR) is 64.9 cm³/mol. The highest BCUT2D eigenvalue weighted by Crippen LogP contribution is 2.20. The molecule has 16 heavy (non-hydrogen) atoms. The van der Waals surface area contributed by atoms with Gasteiger partial charge in [0.05, 0.1) is 17.2 Å². The van der Waals surface area contributed by atoms with Gasteiger partial charge in [0.25, 0.3) is 0 Å². The highest BCUT2D eigenvalue weighted by Gasteiger charge is 2.06. The van der Waals surface area contributed by atoms with Crippen molar-refractivity contribution in [2.45, 2.75) is 6.54 Å². The van der Waals surface area contributed by atoms with Crippen LogP contribution in [-0.4, -0.2) is 9.78 Å². The first-order valence-electron chi connectivity index (χ1n) is 4.48. The number of nitrogens with two attached hydrogens (primary N) is 1. The fourth-order valence-corrected chi connectivity index (χ4v) is 1.91. The van der Waals surface area contributed by atoms with Gasteiger partial charge in [0.15, 0.2) is 0 Å². The van der Waals surface area contributed by atoms with E-state index >= 15 is 0 Å². The Bertz CT molecular complexity index is 507. The van der Waals surface area contributed by atoms with Gasteiger partial charge in [-0.3, -0.25) is 0 Å². The number of rotatable bonds is 2. The van der Waals surface area contributed by atoms with E-state index in [1.165, 1.54) is 12.1 Å². The van der Waals surface area contributed by atoms with Crippen molar-refractivity contribution >= 4 is 33.3 Å². The number of nitrogens with zero attached hydrogens (tertiary/aromatic N) is 2. The summed E-state index contributed by atoms with van der Waals surface area (Å²) in [6.45, 7) is 0.384. The van der Waals surface area contributed by atoms with Crippen LogP contribution in [-0.2, 0) is 6.54 Å². The molecule has 2 N–H and O–H groups in total. The molecule has 0 spiro atoms. The molecule has 1 aromatic heterocycles. The Labute approximate surface area is 105 Å². The van der Waals surface area contributed by atoms with E-state index in [-0.39, 0.29) is 5.82 Å². The lowest BCUT2D eigenvalue weighted by molar-refractivity contribution is 0.620. The molecule has 0 aliphatic carbocycles. The summed E-state index contributed by atoms with van der Waals surface area (Å²) in [7, 11) is 0. The molecular formula is C10H8BrClFN3.